The van der Waals surface area contributed by atoms with E-state index in [9.17, 15) is 19.5 Å². The second-order valence-corrected chi connectivity index (χ2v) is 12.3. The number of aromatic carboxylic acids is 1. The van der Waals surface area contributed by atoms with Gasteiger partial charge in [0.1, 0.15) is 17.2 Å². The monoisotopic (exact) mass is 629 g/mol. The van der Waals surface area contributed by atoms with Crippen LogP contribution in [0, 0.1) is 12.7 Å². The lowest BCUT2D eigenvalue weighted by atomic mass is 10.1. The van der Waals surface area contributed by atoms with Crippen LogP contribution < -0.4 is 26.9 Å². The first-order valence-corrected chi connectivity index (χ1v) is 16.0. The predicted molar refractivity (Wildman–Crippen MR) is 178 cm³/mol. The van der Waals surface area contributed by atoms with E-state index in [0.29, 0.717) is 36.7 Å². The number of piperazine rings is 1. The van der Waals surface area contributed by atoms with Crippen LogP contribution in [-0.4, -0.2) is 62.8 Å². The number of fused-ring (bicyclic) bond motifs is 1. The molecule has 0 bridgehead atoms. The first-order valence-electron chi connectivity index (χ1n) is 16.0. The lowest BCUT2D eigenvalue weighted by Gasteiger charge is -2.36. The van der Waals surface area contributed by atoms with E-state index >= 15 is 4.39 Å². The molecule has 1 saturated heterocycles. The van der Waals surface area contributed by atoms with E-state index in [0.717, 1.165) is 57.4 Å². The van der Waals surface area contributed by atoms with Gasteiger partial charge in [-0.1, -0.05) is 13.0 Å². The van der Waals surface area contributed by atoms with Crippen LogP contribution in [0.15, 0.2) is 52.2 Å². The van der Waals surface area contributed by atoms with Crippen LogP contribution >= 0.6 is 0 Å². The molecule has 2 aromatic carbocycles. The van der Waals surface area contributed by atoms with E-state index in [1.807, 2.05) is 21.6 Å². The molecule has 3 heterocycles. The highest BCUT2D eigenvalue weighted by Gasteiger charge is 2.28. The number of aromatic nitrogens is 3. The van der Waals surface area contributed by atoms with Gasteiger partial charge in [-0.05, 0) is 81.0 Å². The molecule has 4 aromatic rings. The van der Waals surface area contributed by atoms with E-state index in [-0.39, 0.29) is 28.5 Å². The molecule has 2 fully saturated rings. The van der Waals surface area contributed by atoms with Gasteiger partial charge in [-0.15, -0.1) is 0 Å². The highest BCUT2D eigenvalue weighted by molar-refractivity contribution is 5.93. The Kier molecular flexibility index (Phi) is 8.81. The molecule has 0 unspecified atom stereocenters. The van der Waals surface area contributed by atoms with E-state index < -0.39 is 17.2 Å². The summed E-state index contributed by atoms with van der Waals surface area (Å²) in [7, 11) is 0. The standard InChI is InChI=1S/C34H40FN7O4/c1-3-22-16-23(7-6-21(22)2)37-30-19-31(43)41(34(36)38-30)11-5-4-10-39-12-14-40(15-13-39)29-18-28-25(17-27(29)35)32(44)26(33(45)46)20-42(28)24-8-9-24/h6-7,16-20,24,37H,3-5,8-15H2,1-2H3,(H2,36,38)(H,45,46). The second-order valence-electron chi connectivity index (χ2n) is 12.3. The predicted octanol–water partition coefficient (Wildman–Crippen LogP) is 4.53. The number of benzene rings is 2. The van der Waals surface area contributed by atoms with Crippen LogP contribution in [0.2, 0.25) is 0 Å². The van der Waals surface area contributed by atoms with Gasteiger partial charge in [-0.3, -0.25) is 19.1 Å². The molecule has 0 spiro atoms. The molecule has 4 N–H and O–H groups in total. The third-order valence-electron chi connectivity index (χ3n) is 9.13. The average Bonchev–Trinajstić information content (AvgIpc) is 3.87. The van der Waals surface area contributed by atoms with Crippen molar-refractivity contribution >= 4 is 40.0 Å². The zero-order valence-corrected chi connectivity index (χ0v) is 26.3. The van der Waals surface area contributed by atoms with Crippen LogP contribution in [0.5, 0.6) is 0 Å². The Morgan fingerprint density at radius 2 is 1.80 bits per heavy atom. The summed E-state index contributed by atoms with van der Waals surface area (Å²) in [5.74, 6) is -1.23. The number of carboxylic acids is 1. The summed E-state index contributed by atoms with van der Waals surface area (Å²) < 4.78 is 18.6. The molecule has 2 aliphatic rings. The van der Waals surface area contributed by atoms with E-state index in [1.54, 1.807) is 6.07 Å². The minimum absolute atomic E-state index is 0.101. The van der Waals surface area contributed by atoms with Crippen molar-refractivity contribution in [1.29, 1.82) is 0 Å². The summed E-state index contributed by atoms with van der Waals surface area (Å²) in [6.07, 6.45) is 5.74. The smallest absolute Gasteiger partial charge is 0.341 e. The number of nitrogens with one attached hydrogen (secondary N) is 1. The first-order chi connectivity index (χ1) is 22.1. The Morgan fingerprint density at radius 1 is 1.07 bits per heavy atom. The topological polar surface area (TPSA) is 139 Å². The molecule has 46 heavy (non-hydrogen) atoms. The number of rotatable bonds is 11. The number of halogens is 1. The van der Waals surface area contributed by atoms with Crippen molar-refractivity contribution in [2.24, 2.45) is 0 Å². The largest absolute Gasteiger partial charge is 0.477 e. The number of hydrogen-bond donors (Lipinski definition) is 3. The van der Waals surface area contributed by atoms with Gasteiger partial charge in [0.15, 0.2) is 0 Å². The Balaban J connectivity index is 1.03. The molecule has 1 aliphatic heterocycles. The third-order valence-corrected chi connectivity index (χ3v) is 9.13. The number of aryl methyl sites for hydroxylation is 2. The number of nitrogens with two attached hydrogens (primary N) is 1. The third kappa shape index (κ3) is 6.48. The molecular formula is C34H40FN7O4. The van der Waals surface area contributed by atoms with Gasteiger partial charge in [-0.2, -0.15) is 4.98 Å². The van der Waals surface area contributed by atoms with Gasteiger partial charge < -0.3 is 25.6 Å². The number of carboxylic acid groups (broad SMARTS) is 1. The van der Waals surface area contributed by atoms with Crippen molar-refractivity contribution in [3.8, 4) is 0 Å². The van der Waals surface area contributed by atoms with Gasteiger partial charge in [-0.25, -0.2) is 9.18 Å². The number of anilines is 4. The van der Waals surface area contributed by atoms with Crippen molar-refractivity contribution in [2.75, 3.05) is 48.7 Å². The Labute approximate surface area is 266 Å². The number of unbranched alkanes of at least 4 members (excludes halogenated alkanes) is 1. The molecule has 12 heteroatoms. The summed E-state index contributed by atoms with van der Waals surface area (Å²) in [5.41, 5.74) is 9.30. The van der Waals surface area contributed by atoms with E-state index in [1.165, 1.54) is 34.0 Å². The molecule has 11 nitrogen and oxygen atoms in total. The Hall–Kier alpha value is -4.71. The van der Waals surface area contributed by atoms with Gasteiger partial charge in [0.2, 0.25) is 11.4 Å². The lowest BCUT2D eigenvalue weighted by molar-refractivity contribution is 0.0695. The van der Waals surface area contributed by atoms with Crippen molar-refractivity contribution in [1.82, 2.24) is 19.0 Å². The molecule has 2 aromatic heterocycles. The number of carbonyl (C=O) groups is 1. The SMILES string of the molecule is CCc1cc(Nc2cc(=O)n(CCCCN3CCN(c4cc5c(cc4F)c(=O)c(C(=O)O)cn5C4CC4)CC3)c(N)n2)ccc1C. The van der Waals surface area contributed by atoms with Crippen LogP contribution in [0.4, 0.5) is 27.5 Å². The van der Waals surface area contributed by atoms with Gasteiger partial charge >= 0.3 is 5.97 Å². The highest BCUT2D eigenvalue weighted by Crippen LogP contribution is 2.38. The fraction of sp³-hybridized carbons (Fsp3) is 0.412. The van der Waals surface area contributed by atoms with Crippen molar-refractivity contribution in [2.45, 2.75) is 58.5 Å². The van der Waals surface area contributed by atoms with E-state index in [4.69, 9.17) is 5.73 Å². The lowest BCUT2D eigenvalue weighted by Crippen LogP contribution is -2.47. The normalized spacial score (nSPS) is 15.4. The van der Waals surface area contributed by atoms with E-state index in [2.05, 4.69) is 35.1 Å². The zero-order chi connectivity index (χ0) is 32.5. The maximum absolute atomic E-state index is 15.3. The van der Waals surface area contributed by atoms with Crippen molar-refractivity contribution in [3.05, 3.63) is 85.7 Å². The van der Waals surface area contributed by atoms with Crippen LogP contribution in [0.1, 0.15) is 60.1 Å². The maximum atomic E-state index is 15.3. The van der Waals surface area contributed by atoms with Crippen LogP contribution in [0.25, 0.3) is 10.9 Å². The molecule has 0 amide bonds. The summed E-state index contributed by atoms with van der Waals surface area (Å²) in [4.78, 5) is 46.0. The molecule has 6 rings (SSSR count). The molecule has 0 atom stereocenters. The number of hydrogen-bond acceptors (Lipinski definition) is 8. The highest BCUT2D eigenvalue weighted by atomic mass is 19.1. The summed E-state index contributed by atoms with van der Waals surface area (Å²) in [6.45, 7) is 8.21. The Bertz CT molecular complexity index is 1910. The molecular weight excluding hydrogens is 589 g/mol. The molecule has 1 aliphatic carbocycles. The minimum atomic E-state index is -1.30. The van der Waals surface area contributed by atoms with Gasteiger partial charge in [0, 0.05) is 62.1 Å². The van der Waals surface area contributed by atoms with Gasteiger partial charge in [0.25, 0.3) is 5.56 Å². The van der Waals surface area contributed by atoms with Crippen molar-refractivity contribution < 1.29 is 14.3 Å². The molecule has 242 valence electrons. The van der Waals surface area contributed by atoms with Crippen LogP contribution in [-0.2, 0) is 13.0 Å². The average molecular weight is 630 g/mol. The fourth-order valence-electron chi connectivity index (χ4n) is 6.32. The second kappa shape index (κ2) is 13.0. The number of nitrogens with zero attached hydrogens (tertiary/aromatic N) is 5. The maximum Gasteiger partial charge on any atom is 0.341 e. The number of pyridine rings is 1. The Morgan fingerprint density at radius 3 is 2.48 bits per heavy atom. The van der Waals surface area contributed by atoms with Gasteiger partial charge in [0.05, 0.1) is 11.2 Å². The fourth-order valence-corrected chi connectivity index (χ4v) is 6.32. The van der Waals surface area contributed by atoms with Crippen molar-refractivity contribution in [3.63, 3.8) is 0 Å². The summed E-state index contributed by atoms with van der Waals surface area (Å²) >= 11 is 0. The molecule has 1 saturated carbocycles. The first kappa shape index (κ1) is 31.3. The quantitative estimate of drug-likeness (QED) is 0.204. The van der Waals surface area contributed by atoms with Crippen LogP contribution in [0.3, 0.4) is 0 Å². The molecule has 0 radical (unpaired) electrons. The summed E-state index contributed by atoms with van der Waals surface area (Å²) in [5, 5.41) is 12.8. The summed E-state index contributed by atoms with van der Waals surface area (Å²) in [6, 6.07) is 10.6. The number of nitrogen functional groups attached to an aromatic ring is 1. The zero-order valence-electron chi connectivity index (χ0n) is 26.3. The minimum Gasteiger partial charge on any atom is -0.477 e.